The van der Waals surface area contributed by atoms with E-state index in [9.17, 15) is 9.90 Å². The van der Waals surface area contributed by atoms with Gasteiger partial charge in [0.15, 0.2) is 0 Å². The molecule has 2 N–H and O–H groups in total. The third-order valence-corrected chi connectivity index (χ3v) is 2.79. The smallest absolute Gasteiger partial charge is 0.251 e. The standard InChI is InChI=1S/C14H21NO2/c1-5-8-14(3,4)15-13(17)11-6-7-12(16)10(2)9-11/h6-7,9,16H,5,8H2,1-4H3,(H,15,17). The maximum Gasteiger partial charge on any atom is 0.251 e. The Labute approximate surface area is 103 Å². The predicted octanol–water partition coefficient (Wildman–Crippen LogP) is 3.01. The average Bonchev–Trinajstić information content (AvgIpc) is 2.21. The van der Waals surface area contributed by atoms with E-state index in [0.717, 1.165) is 12.8 Å². The molecule has 0 bridgehead atoms. The van der Waals surface area contributed by atoms with Crippen molar-refractivity contribution in [3.63, 3.8) is 0 Å². The van der Waals surface area contributed by atoms with Crippen LogP contribution in [-0.4, -0.2) is 16.6 Å². The van der Waals surface area contributed by atoms with Gasteiger partial charge in [0, 0.05) is 11.1 Å². The minimum Gasteiger partial charge on any atom is -0.508 e. The van der Waals surface area contributed by atoms with E-state index in [4.69, 9.17) is 0 Å². The van der Waals surface area contributed by atoms with Crippen LogP contribution >= 0.6 is 0 Å². The van der Waals surface area contributed by atoms with Gasteiger partial charge in [-0.25, -0.2) is 0 Å². The van der Waals surface area contributed by atoms with Crippen molar-refractivity contribution >= 4 is 5.91 Å². The van der Waals surface area contributed by atoms with Crippen LogP contribution in [0.25, 0.3) is 0 Å². The van der Waals surface area contributed by atoms with Crippen molar-refractivity contribution in [3.05, 3.63) is 29.3 Å². The Morgan fingerprint density at radius 2 is 2.06 bits per heavy atom. The summed E-state index contributed by atoms with van der Waals surface area (Å²) in [5.74, 6) is 0.126. The van der Waals surface area contributed by atoms with Gasteiger partial charge in [-0.1, -0.05) is 13.3 Å². The minimum atomic E-state index is -0.197. The normalized spacial score (nSPS) is 11.3. The molecule has 1 aromatic rings. The van der Waals surface area contributed by atoms with Gasteiger partial charge < -0.3 is 10.4 Å². The summed E-state index contributed by atoms with van der Waals surface area (Å²) in [5.41, 5.74) is 1.10. The first-order chi connectivity index (χ1) is 7.85. The van der Waals surface area contributed by atoms with E-state index < -0.39 is 0 Å². The second kappa shape index (κ2) is 5.21. The van der Waals surface area contributed by atoms with Gasteiger partial charge in [0.2, 0.25) is 0 Å². The Bertz CT molecular complexity index is 411. The number of rotatable bonds is 4. The predicted molar refractivity (Wildman–Crippen MR) is 69.3 cm³/mol. The average molecular weight is 235 g/mol. The molecule has 0 aromatic heterocycles. The van der Waals surface area contributed by atoms with Crippen LogP contribution in [-0.2, 0) is 0 Å². The fraction of sp³-hybridized carbons (Fsp3) is 0.500. The number of phenols is 1. The molecule has 0 aliphatic heterocycles. The fourth-order valence-electron chi connectivity index (χ4n) is 1.86. The first-order valence-electron chi connectivity index (χ1n) is 5.98. The Morgan fingerprint density at radius 3 is 2.59 bits per heavy atom. The maximum atomic E-state index is 12.0. The molecule has 1 amide bonds. The molecule has 1 rings (SSSR count). The lowest BCUT2D eigenvalue weighted by molar-refractivity contribution is 0.0909. The van der Waals surface area contributed by atoms with E-state index in [1.165, 1.54) is 0 Å². The Hall–Kier alpha value is -1.51. The maximum absolute atomic E-state index is 12.0. The Kier molecular flexibility index (Phi) is 4.16. The summed E-state index contributed by atoms with van der Waals surface area (Å²) in [6, 6.07) is 4.89. The molecule has 0 heterocycles. The summed E-state index contributed by atoms with van der Waals surface area (Å²) in [7, 11) is 0. The number of hydrogen-bond donors (Lipinski definition) is 2. The number of phenolic OH excluding ortho intramolecular Hbond substituents is 1. The molecule has 0 saturated carbocycles. The zero-order chi connectivity index (χ0) is 13.1. The molecule has 17 heavy (non-hydrogen) atoms. The lowest BCUT2D eigenvalue weighted by Gasteiger charge is -2.25. The number of carbonyl (C=O) groups is 1. The van der Waals surface area contributed by atoms with Crippen LogP contribution in [0, 0.1) is 6.92 Å². The van der Waals surface area contributed by atoms with Gasteiger partial charge in [-0.2, -0.15) is 0 Å². The van der Waals surface area contributed by atoms with Crippen LogP contribution in [0.5, 0.6) is 5.75 Å². The largest absolute Gasteiger partial charge is 0.508 e. The van der Waals surface area contributed by atoms with Crippen molar-refractivity contribution in [2.24, 2.45) is 0 Å². The lowest BCUT2D eigenvalue weighted by atomic mass is 9.98. The van der Waals surface area contributed by atoms with Crippen molar-refractivity contribution in [2.45, 2.75) is 46.1 Å². The van der Waals surface area contributed by atoms with Gasteiger partial charge >= 0.3 is 0 Å². The third-order valence-electron chi connectivity index (χ3n) is 2.79. The molecule has 1 aromatic carbocycles. The second-order valence-corrected chi connectivity index (χ2v) is 5.09. The quantitative estimate of drug-likeness (QED) is 0.842. The molecule has 0 spiro atoms. The summed E-state index contributed by atoms with van der Waals surface area (Å²) >= 11 is 0. The van der Waals surface area contributed by atoms with E-state index in [1.54, 1.807) is 25.1 Å². The molecule has 0 atom stereocenters. The van der Waals surface area contributed by atoms with Crippen LogP contribution in [0.2, 0.25) is 0 Å². The van der Waals surface area contributed by atoms with Gasteiger partial charge in [-0.15, -0.1) is 0 Å². The number of aromatic hydroxyl groups is 1. The molecular weight excluding hydrogens is 214 g/mol. The summed E-state index contributed by atoms with van der Waals surface area (Å²) in [6.07, 6.45) is 1.97. The molecule has 0 saturated heterocycles. The number of hydrogen-bond acceptors (Lipinski definition) is 2. The summed E-state index contributed by atoms with van der Waals surface area (Å²) in [4.78, 5) is 12.0. The van der Waals surface area contributed by atoms with Crippen molar-refractivity contribution in [1.82, 2.24) is 5.32 Å². The van der Waals surface area contributed by atoms with E-state index >= 15 is 0 Å². The van der Waals surface area contributed by atoms with E-state index in [0.29, 0.717) is 11.1 Å². The number of amides is 1. The number of nitrogens with one attached hydrogen (secondary N) is 1. The van der Waals surface area contributed by atoms with E-state index in [2.05, 4.69) is 12.2 Å². The van der Waals surface area contributed by atoms with Crippen molar-refractivity contribution in [2.75, 3.05) is 0 Å². The highest BCUT2D eigenvalue weighted by atomic mass is 16.3. The molecule has 94 valence electrons. The molecule has 0 fully saturated rings. The van der Waals surface area contributed by atoms with Gasteiger partial charge in [0.05, 0.1) is 0 Å². The van der Waals surface area contributed by atoms with Gasteiger partial charge in [-0.3, -0.25) is 4.79 Å². The van der Waals surface area contributed by atoms with Crippen LogP contribution < -0.4 is 5.32 Å². The number of aryl methyl sites for hydroxylation is 1. The van der Waals surface area contributed by atoms with Crippen LogP contribution in [0.4, 0.5) is 0 Å². The van der Waals surface area contributed by atoms with Gasteiger partial charge in [0.25, 0.3) is 5.91 Å². The highest BCUT2D eigenvalue weighted by Gasteiger charge is 2.20. The molecule has 3 nitrogen and oxygen atoms in total. The molecular formula is C14H21NO2. The zero-order valence-corrected chi connectivity index (χ0v) is 11.0. The second-order valence-electron chi connectivity index (χ2n) is 5.09. The topological polar surface area (TPSA) is 49.3 Å². The fourth-order valence-corrected chi connectivity index (χ4v) is 1.86. The SMILES string of the molecule is CCCC(C)(C)NC(=O)c1ccc(O)c(C)c1. The van der Waals surface area contributed by atoms with Gasteiger partial charge in [-0.05, 0) is 51.0 Å². The lowest BCUT2D eigenvalue weighted by Crippen LogP contribution is -2.43. The Balaban J connectivity index is 2.80. The molecule has 0 unspecified atom stereocenters. The molecule has 0 aliphatic rings. The monoisotopic (exact) mass is 235 g/mol. The number of benzene rings is 1. The highest BCUT2D eigenvalue weighted by molar-refractivity contribution is 5.95. The highest BCUT2D eigenvalue weighted by Crippen LogP contribution is 2.18. The summed E-state index contributed by atoms with van der Waals surface area (Å²) in [6.45, 7) is 7.91. The van der Waals surface area contributed by atoms with E-state index in [-0.39, 0.29) is 17.2 Å². The van der Waals surface area contributed by atoms with Gasteiger partial charge in [0.1, 0.15) is 5.75 Å². The third kappa shape index (κ3) is 3.77. The first kappa shape index (κ1) is 13.6. The molecule has 0 radical (unpaired) electrons. The molecule has 0 aliphatic carbocycles. The molecule has 3 heteroatoms. The first-order valence-corrected chi connectivity index (χ1v) is 5.98. The van der Waals surface area contributed by atoms with Crippen LogP contribution in [0.1, 0.15) is 49.5 Å². The van der Waals surface area contributed by atoms with Crippen molar-refractivity contribution < 1.29 is 9.90 Å². The summed E-state index contributed by atoms with van der Waals surface area (Å²) in [5, 5.41) is 12.4. The van der Waals surface area contributed by atoms with E-state index in [1.807, 2.05) is 13.8 Å². The Morgan fingerprint density at radius 1 is 1.41 bits per heavy atom. The van der Waals surface area contributed by atoms with Crippen molar-refractivity contribution in [3.8, 4) is 5.75 Å². The van der Waals surface area contributed by atoms with Crippen LogP contribution in [0.15, 0.2) is 18.2 Å². The summed E-state index contributed by atoms with van der Waals surface area (Å²) < 4.78 is 0. The van der Waals surface area contributed by atoms with Crippen molar-refractivity contribution in [1.29, 1.82) is 0 Å². The number of carbonyl (C=O) groups excluding carboxylic acids is 1. The van der Waals surface area contributed by atoms with Crippen LogP contribution in [0.3, 0.4) is 0 Å². The minimum absolute atomic E-state index is 0.0912. The zero-order valence-electron chi connectivity index (χ0n) is 11.0.